The van der Waals surface area contributed by atoms with Crippen LogP contribution in [0.5, 0.6) is 5.75 Å². The van der Waals surface area contributed by atoms with Gasteiger partial charge in [0.1, 0.15) is 12.4 Å². The minimum absolute atomic E-state index is 0.0339. The molecule has 0 radical (unpaired) electrons. The van der Waals surface area contributed by atoms with E-state index in [0.29, 0.717) is 12.4 Å². The van der Waals surface area contributed by atoms with Crippen molar-refractivity contribution in [3.8, 4) is 5.75 Å². The summed E-state index contributed by atoms with van der Waals surface area (Å²) in [5.41, 5.74) is 1.87. The zero-order valence-electron chi connectivity index (χ0n) is 17.0. The van der Waals surface area contributed by atoms with Crippen LogP contribution in [-0.4, -0.2) is 49.9 Å². The van der Waals surface area contributed by atoms with Crippen LogP contribution in [0.15, 0.2) is 54.6 Å². The summed E-state index contributed by atoms with van der Waals surface area (Å²) >= 11 is 0. The molecule has 2 heterocycles. The Kier molecular flexibility index (Phi) is 6.39. The molecule has 0 bridgehead atoms. The molecule has 1 unspecified atom stereocenters. The molecule has 2 aromatic rings. The third kappa shape index (κ3) is 5.40. The quantitative estimate of drug-likeness (QED) is 0.765. The maximum Gasteiger partial charge on any atom is 0.227 e. The average Bonchev–Trinajstić information content (AvgIpc) is 3.14. The molecule has 7 heteroatoms. The summed E-state index contributed by atoms with van der Waals surface area (Å²) in [6.07, 6.45) is 2.25. The van der Waals surface area contributed by atoms with Gasteiger partial charge in [-0.05, 0) is 62.2 Å². The number of ether oxygens (including phenoxy) is 1. The van der Waals surface area contributed by atoms with E-state index in [0.717, 1.165) is 49.4 Å². The molecule has 0 spiro atoms. The zero-order valence-corrected chi connectivity index (χ0v) is 17.8. The number of nitrogens with one attached hydrogen (secondary N) is 1. The van der Waals surface area contributed by atoms with E-state index in [1.807, 2.05) is 54.6 Å². The molecule has 0 saturated carbocycles. The lowest BCUT2D eigenvalue weighted by Gasteiger charge is -2.34. The molecule has 1 amide bonds. The van der Waals surface area contributed by atoms with Crippen LogP contribution in [0, 0.1) is 5.92 Å². The molecule has 0 aromatic heterocycles. The molecule has 2 aliphatic rings. The zero-order chi connectivity index (χ0) is 21.0. The van der Waals surface area contributed by atoms with Crippen molar-refractivity contribution in [1.82, 2.24) is 4.90 Å². The lowest BCUT2D eigenvalue weighted by atomic mass is 9.94. The summed E-state index contributed by atoms with van der Waals surface area (Å²) in [6, 6.07) is 17.6. The lowest BCUT2D eigenvalue weighted by molar-refractivity contribution is -0.121. The molecule has 6 nitrogen and oxygen atoms in total. The van der Waals surface area contributed by atoms with E-state index < -0.39 is 9.84 Å². The molecular weight excluding hydrogens is 400 g/mol. The molecule has 160 valence electrons. The highest BCUT2D eigenvalue weighted by atomic mass is 32.2. The number of nitrogens with zero attached hydrogens (tertiary/aromatic N) is 1. The normalized spacial score (nSPS) is 21.9. The number of carbonyl (C=O) groups is 1. The van der Waals surface area contributed by atoms with Crippen molar-refractivity contribution in [2.24, 2.45) is 5.92 Å². The third-order valence-electron chi connectivity index (χ3n) is 6.00. The van der Waals surface area contributed by atoms with Gasteiger partial charge in [-0.15, -0.1) is 0 Å². The van der Waals surface area contributed by atoms with Crippen LogP contribution >= 0.6 is 0 Å². The monoisotopic (exact) mass is 428 g/mol. The highest BCUT2D eigenvalue weighted by Gasteiger charge is 2.35. The van der Waals surface area contributed by atoms with Gasteiger partial charge in [-0.25, -0.2) is 8.42 Å². The van der Waals surface area contributed by atoms with Gasteiger partial charge in [0, 0.05) is 17.6 Å². The summed E-state index contributed by atoms with van der Waals surface area (Å²) in [4.78, 5) is 14.9. The largest absolute Gasteiger partial charge is 0.489 e. The van der Waals surface area contributed by atoms with E-state index in [2.05, 4.69) is 10.2 Å². The fraction of sp³-hybridized carbons (Fsp3) is 0.435. The second-order valence-corrected chi connectivity index (χ2v) is 10.4. The van der Waals surface area contributed by atoms with E-state index in [-0.39, 0.29) is 23.6 Å². The Morgan fingerprint density at radius 2 is 1.70 bits per heavy atom. The summed E-state index contributed by atoms with van der Waals surface area (Å²) in [6.45, 7) is 2.07. The summed E-state index contributed by atoms with van der Waals surface area (Å²) < 4.78 is 29.2. The van der Waals surface area contributed by atoms with Crippen molar-refractivity contribution in [3.63, 3.8) is 0 Å². The molecule has 2 aliphatic heterocycles. The second kappa shape index (κ2) is 9.18. The number of rotatable bonds is 6. The van der Waals surface area contributed by atoms with Crippen LogP contribution in [-0.2, 0) is 21.2 Å². The summed E-state index contributed by atoms with van der Waals surface area (Å²) in [5, 5.41) is 3.00. The number of likely N-dealkylation sites (tertiary alicyclic amines) is 1. The Bertz CT molecular complexity index is 952. The first-order chi connectivity index (χ1) is 14.5. The standard InChI is InChI=1S/C23H28N2O4S/c26-23(19-10-13-25(14-11-19)21-12-15-30(27,28)17-21)24-20-6-8-22(9-7-20)29-16-18-4-2-1-3-5-18/h1-9,19,21H,10-17H2,(H,24,26). The van der Waals surface area contributed by atoms with Gasteiger partial charge >= 0.3 is 0 Å². The number of piperidine rings is 1. The number of carbonyl (C=O) groups excluding carboxylic acids is 1. The molecule has 0 aliphatic carbocycles. The van der Waals surface area contributed by atoms with Crippen molar-refractivity contribution >= 4 is 21.4 Å². The van der Waals surface area contributed by atoms with Gasteiger partial charge in [-0.3, -0.25) is 9.69 Å². The predicted octanol–water partition coefficient (Wildman–Crippen LogP) is 3.10. The minimum atomic E-state index is -2.87. The Morgan fingerprint density at radius 3 is 2.33 bits per heavy atom. The molecule has 2 aromatic carbocycles. The average molecular weight is 429 g/mol. The Hall–Kier alpha value is -2.38. The smallest absolute Gasteiger partial charge is 0.227 e. The Morgan fingerprint density at radius 1 is 1.00 bits per heavy atom. The molecule has 4 rings (SSSR count). The van der Waals surface area contributed by atoms with Crippen LogP contribution in [0.1, 0.15) is 24.8 Å². The maximum absolute atomic E-state index is 12.6. The number of hydrogen-bond acceptors (Lipinski definition) is 5. The van der Waals surface area contributed by atoms with Crippen LogP contribution in [0.2, 0.25) is 0 Å². The number of benzene rings is 2. The van der Waals surface area contributed by atoms with Crippen molar-refractivity contribution < 1.29 is 17.9 Å². The SMILES string of the molecule is O=C(Nc1ccc(OCc2ccccc2)cc1)C1CCN(C2CCS(=O)(=O)C2)CC1. The highest BCUT2D eigenvalue weighted by Crippen LogP contribution is 2.26. The highest BCUT2D eigenvalue weighted by molar-refractivity contribution is 7.91. The fourth-order valence-corrected chi connectivity index (χ4v) is 5.97. The lowest BCUT2D eigenvalue weighted by Crippen LogP contribution is -2.44. The van der Waals surface area contributed by atoms with Crippen molar-refractivity contribution in [1.29, 1.82) is 0 Å². The van der Waals surface area contributed by atoms with Gasteiger partial charge in [-0.1, -0.05) is 30.3 Å². The fourth-order valence-electron chi connectivity index (χ4n) is 4.21. The molecule has 2 saturated heterocycles. The van der Waals surface area contributed by atoms with Crippen LogP contribution in [0.4, 0.5) is 5.69 Å². The third-order valence-corrected chi connectivity index (χ3v) is 7.75. The van der Waals surface area contributed by atoms with E-state index in [1.165, 1.54) is 0 Å². The van der Waals surface area contributed by atoms with Gasteiger partial charge in [0.25, 0.3) is 0 Å². The van der Waals surface area contributed by atoms with E-state index in [1.54, 1.807) is 0 Å². The van der Waals surface area contributed by atoms with Gasteiger partial charge in [0.05, 0.1) is 11.5 Å². The van der Waals surface area contributed by atoms with Crippen molar-refractivity contribution in [2.75, 3.05) is 29.9 Å². The first-order valence-corrected chi connectivity index (χ1v) is 12.3. The van der Waals surface area contributed by atoms with E-state index in [9.17, 15) is 13.2 Å². The van der Waals surface area contributed by atoms with Crippen LogP contribution in [0.25, 0.3) is 0 Å². The number of amides is 1. The molecule has 2 fully saturated rings. The Balaban J connectivity index is 1.23. The van der Waals surface area contributed by atoms with Crippen LogP contribution in [0.3, 0.4) is 0 Å². The number of hydrogen-bond donors (Lipinski definition) is 1. The molecule has 1 atom stereocenters. The maximum atomic E-state index is 12.6. The first kappa shape index (κ1) is 20.9. The number of sulfone groups is 1. The second-order valence-electron chi connectivity index (χ2n) is 8.16. The minimum Gasteiger partial charge on any atom is -0.489 e. The molecule has 30 heavy (non-hydrogen) atoms. The van der Waals surface area contributed by atoms with Gasteiger partial charge in [0.15, 0.2) is 9.84 Å². The van der Waals surface area contributed by atoms with Crippen molar-refractivity contribution in [3.05, 3.63) is 60.2 Å². The van der Waals surface area contributed by atoms with Crippen LogP contribution < -0.4 is 10.1 Å². The molecule has 1 N–H and O–H groups in total. The van der Waals surface area contributed by atoms with E-state index in [4.69, 9.17) is 4.74 Å². The first-order valence-electron chi connectivity index (χ1n) is 10.5. The topological polar surface area (TPSA) is 75.7 Å². The van der Waals surface area contributed by atoms with Gasteiger partial charge in [-0.2, -0.15) is 0 Å². The van der Waals surface area contributed by atoms with Crippen molar-refractivity contribution in [2.45, 2.75) is 31.9 Å². The summed E-state index contributed by atoms with van der Waals surface area (Å²) in [5.74, 6) is 1.32. The predicted molar refractivity (Wildman–Crippen MR) is 117 cm³/mol. The van der Waals surface area contributed by atoms with Gasteiger partial charge < -0.3 is 10.1 Å². The molecular formula is C23H28N2O4S. The van der Waals surface area contributed by atoms with Gasteiger partial charge in [0.2, 0.25) is 5.91 Å². The van der Waals surface area contributed by atoms with E-state index >= 15 is 0 Å². The Labute approximate surface area is 178 Å². The summed E-state index contributed by atoms with van der Waals surface area (Å²) in [7, 11) is -2.87. The number of anilines is 1.